The molecule has 0 saturated carbocycles. The molecule has 0 spiro atoms. The topological polar surface area (TPSA) is 61.6 Å². The van der Waals surface area contributed by atoms with Crippen molar-refractivity contribution in [1.82, 2.24) is 9.97 Å². The van der Waals surface area contributed by atoms with Crippen molar-refractivity contribution < 1.29 is 4.39 Å². The second-order valence-corrected chi connectivity index (χ2v) is 4.67. The van der Waals surface area contributed by atoms with E-state index >= 15 is 0 Å². The number of benzene rings is 1. The predicted octanol–water partition coefficient (Wildman–Crippen LogP) is 4.04. The number of nitrogens with zero attached hydrogens (tertiary/aromatic N) is 3. The Hall–Kier alpha value is -2.71. The summed E-state index contributed by atoms with van der Waals surface area (Å²) in [5, 5.41) is 12.6. The molecule has 6 heteroatoms. The number of aromatic nitrogens is 2. The van der Waals surface area contributed by atoms with Gasteiger partial charge in [0.25, 0.3) is 0 Å². The molecule has 0 bridgehead atoms. The zero-order valence-corrected chi connectivity index (χ0v) is 11.4. The number of rotatable bonds is 2. The first kappa shape index (κ1) is 13.3. The molecule has 2 aromatic heterocycles. The first-order chi connectivity index (χ1) is 10.2. The number of pyridine rings is 2. The van der Waals surface area contributed by atoms with Crippen molar-refractivity contribution in [2.45, 2.75) is 0 Å². The van der Waals surface area contributed by atoms with Crippen LogP contribution in [-0.4, -0.2) is 9.97 Å². The maximum Gasteiger partial charge on any atom is 0.167 e. The van der Waals surface area contributed by atoms with Gasteiger partial charge in [0.2, 0.25) is 0 Å². The highest BCUT2D eigenvalue weighted by molar-refractivity contribution is 6.29. The van der Waals surface area contributed by atoms with Crippen LogP contribution in [-0.2, 0) is 0 Å². The van der Waals surface area contributed by atoms with E-state index in [1.165, 1.54) is 0 Å². The van der Waals surface area contributed by atoms with E-state index in [1.54, 1.807) is 6.20 Å². The Morgan fingerprint density at radius 1 is 1.24 bits per heavy atom. The predicted molar refractivity (Wildman–Crippen MR) is 78.9 cm³/mol. The van der Waals surface area contributed by atoms with Crippen molar-refractivity contribution in [2.75, 3.05) is 5.32 Å². The first-order valence-electron chi connectivity index (χ1n) is 6.05. The average molecular weight is 299 g/mol. The Kier molecular flexibility index (Phi) is 3.38. The molecule has 0 unspecified atom stereocenters. The molecule has 21 heavy (non-hydrogen) atoms. The smallest absolute Gasteiger partial charge is 0.167 e. The quantitative estimate of drug-likeness (QED) is 0.725. The fraction of sp³-hybridized carbons (Fsp3) is 0. The van der Waals surface area contributed by atoms with E-state index in [1.807, 2.05) is 36.4 Å². The van der Waals surface area contributed by atoms with Gasteiger partial charge in [-0.05, 0) is 18.2 Å². The highest BCUT2D eigenvalue weighted by Crippen LogP contribution is 2.24. The maximum absolute atomic E-state index is 13.3. The van der Waals surface area contributed by atoms with Crippen molar-refractivity contribution in [3.05, 3.63) is 59.1 Å². The number of anilines is 2. The van der Waals surface area contributed by atoms with E-state index in [-0.39, 0.29) is 16.5 Å². The van der Waals surface area contributed by atoms with Crippen LogP contribution in [0, 0.1) is 17.1 Å². The molecule has 0 atom stereocenters. The van der Waals surface area contributed by atoms with Gasteiger partial charge in [0.05, 0.1) is 23.0 Å². The lowest BCUT2D eigenvalue weighted by Gasteiger charge is -2.08. The zero-order valence-electron chi connectivity index (χ0n) is 10.6. The van der Waals surface area contributed by atoms with E-state index in [0.717, 1.165) is 17.0 Å². The van der Waals surface area contributed by atoms with Crippen LogP contribution in [0.1, 0.15) is 5.56 Å². The highest BCUT2D eigenvalue weighted by Gasteiger charge is 2.11. The molecule has 0 aliphatic carbocycles. The number of hydrogen-bond acceptors (Lipinski definition) is 4. The van der Waals surface area contributed by atoms with Gasteiger partial charge >= 0.3 is 0 Å². The summed E-state index contributed by atoms with van der Waals surface area (Å²) in [6.45, 7) is 0. The SMILES string of the molecule is N#Cc1cc(F)c(Cl)nc1Nc1cnc2ccccc2c1. The fourth-order valence-corrected chi connectivity index (χ4v) is 2.06. The summed E-state index contributed by atoms with van der Waals surface area (Å²) in [5.74, 6) is -0.531. The number of nitrogens with one attached hydrogen (secondary N) is 1. The summed E-state index contributed by atoms with van der Waals surface area (Å²) in [6.07, 6.45) is 1.61. The second kappa shape index (κ2) is 5.35. The molecule has 4 nitrogen and oxygen atoms in total. The molecule has 2 heterocycles. The summed E-state index contributed by atoms with van der Waals surface area (Å²) in [7, 11) is 0. The van der Waals surface area contributed by atoms with E-state index in [0.29, 0.717) is 5.69 Å². The van der Waals surface area contributed by atoms with Crippen LogP contribution in [0.2, 0.25) is 5.15 Å². The minimum absolute atomic E-state index is 0.0741. The van der Waals surface area contributed by atoms with Gasteiger partial charge in [0.1, 0.15) is 11.9 Å². The summed E-state index contributed by atoms with van der Waals surface area (Å²) in [4.78, 5) is 8.14. The van der Waals surface area contributed by atoms with E-state index in [4.69, 9.17) is 16.9 Å². The number of hydrogen-bond donors (Lipinski definition) is 1. The van der Waals surface area contributed by atoms with Gasteiger partial charge in [0, 0.05) is 5.39 Å². The Morgan fingerprint density at radius 3 is 2.86 bits per heavy atom. The molecule has 0 fully saturated rings. The second-order valence-electron chi connectivity index (χ2n) is 4.31. The molecular formula is C15H8ClFN4. The minimum atomic E-state index is -0.726. The molecule has 102 valence electrons. The standard InChI is InChI=1S/C15H8ClFN4/c16-14-12(17)6-10(7-18)15(21-14)20-11-5-9-3-1-2-4-13(9)19-8-11/h1-6,8H,(H,20,21). The van der Waals surface area contributed by atoms with Crippen LogP contribution in [0.4, 0.5) is 15.9 Å². The van der Waals surface area contributed by atoms with Gasteiger partial charge in [-0.3, -0.25) is 4.98 Å². The lowest BCUT2D eigenvalue weighted by atomic mass is 10.2. The lowest BCUT2D eigenvalue weighted by molar-refractivity contribution is 0.622. The van der Waals surface area contributed by atoms with Crippen LogP contribution in [0.3, 0.4) is 0 Å². The third-order valence-corrected chi connectivity index (χ3v) is 3.17. The molecule has 0 aliphatic rings. The van der Waals surface area contributed by atoms with Crippen molar-refractivity contribution >= 4 is 34.0 Å². The molecule has 0 aliphatic heterocycles. The normalized spacial score (nSPS) is 10.3. The third kappa shape index (κ3) is 2.62. The number of fused-ring (bicyclic) bond motifs is 1. The number of nitriles is 1. The molecule has 1 aromatic carbocycles. The Morgan fingerprint density at radius 2 is 2.05 bits per heavy atom. The monoisotopic (exact) mass is 298 g/mol. The van der Waals surface area contributed by atoms with Crippen LogP contribution in [0.5, 0.6) is 0 Å². The molecular weight excluding hydrogens is 291 g/mol. The van der Waals surface area contributed by atoms with E-state index in [9.17, 15) is 4.39 Å². The Bertz CT molecular complexity index is 873. The first-order valence-corrected chi connectivity index (χ1v) is 6.43. The molecule has 0 radical (unpaired) electrons. The third-order valence-electron chi connectivity index (χ3n) is 2.91. The summed E-state index contributed by atoms with van der Waals surface area (Å²) in [5.41, 5.74) is 1.57. The van der Waals surface area contributed by atoms with Crippen LogP contribution >= 0.6 is 11.6 Å². The van der Waals surface area contributed by atoms with Crippen LogP contribution in [0.15, 0.2) is 42.6 Å². The Labute approximate surface area is 124 Å². The zero-order chi connectivity index (χ0) is 14.8. The van der Waals surface area contributed by atoms with Gasteiger partial charge < -0.3 is 5.32 Å². The van der Waals surface area contributed by atoms with Crippen LogP contribution in [0.25, 0.3) is 10.9 Å². The van der Waals surface area contributed by atoms with Gasteiger partial charge in [-0.2, -0.15) is 5.26 Å². The largest absolute Gasteiger partial charge is 0.338 e. The molecule has 3 rings (SSSR count). The summed E-state index contributed by atoms with van der Waals surface area (Å²) in [6, 6.07) is 12.4. The van der Waals surface area contributed by atoms with Crippen molar-refractivity contribution in [3.63, 3.8) is 0 Å². The van der Waals surface area contributed by atoms with Crippen molar-refractivity contribution in [3.8, 4) is 6.07 Å². The molecule has 1 N–H and O–H groups in total. The van der Waals surface area contributed by atoms with E-state index in [2.05, 4.69) is 15.3 Å². The number of para-hydroxylation sites is 1. The van der Waals surface area contributed by atoms with Crippen molar-refractivity contribution in [1.29, 1.82) is 5.26 Å². The molecule has 0 saturated heterocycles. The minimum Gasteiger partial charge on any atom is -0.338 e. The fourth-order valence-electron chi connectivity index (χ4n) is 1.92. The number of halogens is 2. The van der Waals surface area contributed by atoms with E-state index < -0.39 is 5.82 Å². The average Bonchev–Trinajstić information content (AvgIpc) is 2.50. The summed E-state index contributed by atoms with van der Waals surface area (Å²) >= 11 is 5.65. The van der Waals surface area contributed by atoms with Crippen molar-refractivity contribution in [2.24, 2.45) is 0 Å². The maximum atomic E-state index is 13.3. The Balaban J connectivity index is 2.02. The molecule has 3 aromatic rings. The highest BCUT2D eigenvalue weighted by atomic mass is 35.5. The van der Waals surface area contributed by atoms with Gasteiger partial charge in [-0.25, -0.2) is 9.37 Å². The lowest BCUT2D eigenvalue weighted by Crippen LogP contribution is -1.99. The van der Waals surface area contributed by atoms with Crippen LogP contribution < -0.4 is 5.32 Å². The summed E-state index contributed by atoms with van der Waals surface area (Å²) < 4.78 is 13.3. The van der Waals surface area contributed by atoms with Gasteiger partial charge in [-0.1, -0.05) is 29.8 Å². The van der Waals surface area contributed by atoms with Gasteiger partial charge in [0.15, 0.2) is 11.0 Å². The van der Waals surface area contributed by atoms with Gasteiger partial charge in [-0.15, -0.1) is 0 Å². The molecule has 0 amide bonds.